The van der Waals surface area contributed by atoms with Gasteiger partial charge < -0.3 is 14.5 Å². The Labute approximate surface area is 218 Å². The van der Waals surface area contributed by atoms with E-state index in [2.05, 4.69) is 35.8 Å². The maximum atomic E-state index is 13.7. The Hall–Kier alpha value is -1.92. The number of hydrogen-bond acceptors (Lipinski definition) is 4. The summed E-state index contributed by atoms with van der Waals surface area (Å²) in [5, 5.41) is 0. The third kappa shape index (κ3) is 6.89. The minimum atomic E-state index is 0.166. The second-order valence-corrected chi connectivity index (χ2v) is 11.4. The number of carbonyl (C=O) groups excluding carboxylic acids is 2. The lowest BCUT2D eigenvalue weighted by Crippen LogP contribution is -2.53. The first kappa shape index (κ1) is 27.1. The molecule has 6 heteroatoms. The summed E-state index contributed by atoms with van der Waals surface area (Å²) < 4.78 is 5.81. The molecule has 3 aliphatic heterocycles. The summed E-state index contributed by atoms with van der Waals surface area (Å²) in [7, 11) is 0. The molecule has 1 aromatic rings. The molecule has 4 rings (SSSR count). The summed E-state index contributed by atoms with van der Waals surface area (Å²) >= 11 is 0. The first-order valence-electron chi connectivity index (χ1n) is 14.5. The van der Waals surface area contributed by atoms with Gasteiger partial charge in [-0.1, -0.05) is 45.4 Å². The van der Waals surface area contributed by atoms with Gasteiger partial charge in [0.2, 0.25) is 11.8 Å². The van der Waals surface area contributed by atoms with E-state index in [9.17, 15) is 9.59 Å². The summed E-state index contributed by atoms with van der Waals surface area (Å²) in [6, 6.07) is 9.07. The summed E-state index contributed by atoms with van der Waals surface area (Å²) in [6.07, 6.45) is 9.89. The van der Waals surface area contributed by atoms with Gasteiger partial charge in [-0.2, -0.15) is 0 Å². The normalized spacial score (nSPS) is 25.5. The van der Waals surface area contributed by atoms with Gasteiger partial charge in [-0.05, 0) is 69.0 Å². The van der Waals surface area contributed by atoms with Crippen molar-refractivity contribution >= 4 is 17.5 Å². The molecule has 36 heavy (non-hydrogen) atoms. The first-order valence-corrected chi connectivity index (χ1v) is 14.5. The van der Waals surface area contributed by atoms with E-state index in [-0.39, 0.29) is 17.9 Å². The molecule has 3 aliphatic rings. The highest BCUT2D eigenvalue weighted by atomic mass is 16.5. The third-order valence-electron chi connectivity index (χ3n) is 8.40. The van der Waals surface area contributed by atoms with Crippen molar-refractivity contribution in [3.8, 4) is 0 Å². The monoisotopic (exact) mass is 497 g/mol. The molecule has 2 bridgehead atoms. The number of ether oxygens (including phenoxy) is 1. The maximum absolute atomic E-state index is 13.7. The zero-order valence-corrected chi connectivity index (χ0v) is 22.8. The van der Waals surface area contributed by atoms with Crippen molar-refractivity contribution in [2.24, 2.45) is 5.92 Å². The zero-order valence-electron chi connectivity index (χ0n) is 22.8. The molecule has 2 fully saturated rings. The fourth-order valence-electron chi connectivity index (χ4n) is 6.28. The van der Waals surface area contributed by atoms with Crippen molar-refractivity contribution in [1.82, 2.24) is 9.80 Å². The smallest absolute Gasteiger partial charge is 0.226 e. The van der Waals surface area contributed by atoms with Gasteiger partial charge in [-0.15, -0.1) is 0 Å². The molecule has 3 heterocycles. The van der Waals surface area contributed by atoms with Crippen LogP contribution in [0, 0.1) is 5.92 Å². The van der Waals surface area contributed by atoms with Crippen molar-refractivity contribution in [3.63, 3.8) is 0 Å². The Kier molecular flexibility index (Phi) is 9.83. The molecular weight excluding hydrogens is 450 g/mol. The molecule has 2 amide bonds. The number of hydrogen-bond donors (Lipinski definition) is 0. The van der Waals surface area contributed by atoms with Gasteiger partial charge in [-0.25, -0.2) is 0 Å². The molecule has 3 unspecified atom stereocenters. The molecular formula is C30H47N3O3. The zero-order chi connectivity index (χ0) is 25.5. The fraction of sp³-hybridized carbons (Fsp3) is 0.733. The van der Waals surface area contributed by atoms with Crippen LogP contribution in [0.25, 0.3) is 0 Å². The van der Waals surface area contributed by atoms with Crippen LogP contribution in [0.15, 0.2) is 24.3 Å². The van der Waals surface area contributed by atoms with Crippen LogP contribution in [0.1, 0.15) is 90.5 Å². The third-order valence-corrected chi connectivity index (χ3v) is 8.40. The summed E-state index contributed by atoms with van der Waals surface area (Å²) in [6.45, 7) is 10.5. The molecule has 3 atom stereocenters. The summed E-state index contributed by atoms with van der Waals surface area (Å²) in [5.41, 5.74) is 2.06. The number of nitrogens with zero attached hydrogens (tertiary/aromatic N) is 3. The number of amides is 2. The van der Waals surface area contributed by atoms with E-state index in [1.807, 2.05) is 24.0 Å². The predicted octanol–water partition coefficient (Wildman–Crippen LogP) is 5.39. The van der Waals surface area contributed by atoms with E-state index in [1.54, 1.807) is 0 Å². The Morgan fingerprint density at radius 1 is 1.03 bits per heavy atom. The minimum absolute atomic E-state index is 0.166. The Balaban J connectivity index is 1.64. The highest BCUT2D eigenvalue weighted by Gasteiger charge is 2.34. The van der Waals surface area contributed by atoms with E-state index in [4.69, 9.17) is 4.74 Å². The first-order chi connectivity index (χ1) is 17.5. The second-order valence-electron chi connectivity index (χ2n) is 11.4. The van der Waals surface area contributed by atoms with Crippen LogP contribution < -0.4 is 4.90 Å². The van der Waals surface area contributed by atoms with E-state index >= 15 is 0 Å². The van der Waals surface area contributed by atoms with Gasteiger partial charge in [0, 0.05) is 56.9 Å². The summed E-state index contributed by atoms with van der Waals surface area (Å²) in [4.78, 5) is 33.6. The SMILES string of the molecule is CCC(=O)N1CCC2CCCC(CN(C(=O)CCC3CCCO3)Cc3ccccc31)N2CCC(C)C. The maximum Gasteiger partial charge on any atom is 0.226 e. The highest BCUT2D eigenvalue weighted by Crippen LogP contribution is 2.31. The number of para-hydroxylation sites is 1. The molecule has 2 saturated heterocycles. The van der Waals surface area contributed by atoms with Crippen molar-refractivity contribution in [2.75, 3.05) is 31.1 Å². The van der Waals surface area contributed by atoms with Crippen LogP contribution >= 0.6 is 0 Å². The summed E-state index contributed by atoms with van der Waals surface area (Å²) in [5.74, 6) is 1.04. The van der Waals surface area contributed by atoms with Gasteiger partial charge in [0.05, 0.1) is 6.10 Å². The molecule has 200 valence electrons. The molecule has 0 aliphatic carbocycles. The number of benzene rings is 1. The van der Waals surface area contributed by atoms with E-state index in [1.165, 1.54) is 12.8 Å². The minimum Gasteiger partial charge on any atom is -0.378 e. The average Bonchev–Trinajstić information content (AvgIpc) is 3.40. The molecule has 0 spiro atoms. The van der Waals surface area contributed by atoms with E-state index < -0.39 is 0 Å². The van der Waals surface area contributed by atoms with Gasteiger partial charge in [-0.3, -0.25) is 14.5 Å². The van der Waals surface area contributed by atoms with Gasteiger partial charge in [0.15, 0.2) is 0 Å². The molecule has 0 saturated carbocycles. The van der Waals surface area contributed by atoms with Gasteiger partial charge in [0.1, 0.15) is 0 Å². The van der Waals surface area contributed by atoms with Gasteiger partial charge in [0.25, 0.3) is 0 Å². The van der Waals surface area contributed by atoms with Crippen LogP contribution in [0.2, 0.25) is 0 Å². The number of anilines is 1. The topological polar surface area (TPSA) is 53.1 Å². The largest absolute Gasteiger partial charge is 0.378 e. The molecule has 0 aromatic heterocycles. The van der Waals surface area contributed by atoms with Crippen LogP contribution in [0.3, 0.4) is 0 Å². The van der Waals surface area contributed by atoms with Crippen LogP contribution in [0.5, 0.6) is 0 Å². The lowest BCUT2D eigenvalue weighted by molar-refractivity contribution is -0.134. The standard InChI is InChI=1S/C30H47N3O3/c1-4-29(34)33-19-17-25-10-7-11-26(32(25)18-16-23(2)3)22-31(21-24-9-5-6-13-28(24)33)30(35)15-14-27-12-8-20-36-27/h5-6,9,13,23,25-27H,4,7-8,10-12,14-22H2,1-3H3. The number of fused-ring (bicyclic) bond motifs is 3. The lowest BCUT2D eigenvalue weighted by atomic mass is 9.92. The molecule has 1 aromatic carbocycles. The fourth-order valence-corrected chi connectivity index (χ4v) is 6.28. The number of piperidine rings is 1. The van der Waals surface area contributed by atoms with Crippen LogP contribution in [0.4, 0.5) is 5.69 Å². The van der Waals surface area contributed by atoms with Crippen molar-refractivity contribution in [3.05, 3.63) is 29.8 Å². The van der Waals surface area contributed by atoms with Crippen molar-refractivity contribution in [2.45, 2.75) is 110 Å². The average molecular weight is 498 g/mol. The predicted molar refractivity (Wildman–Crippen MR) is 145 cm³/mol. The quantitative estimate of drug-likeness (QED) is 0.507. The number of rotatable bonds is 7. The second kappa shape index (κ2) is 13.0. The van der Waals surface area contributed by atoms with Crippen LogP contribution in [-0.2, 0) is 20.9 Å². The van der Waals surface area contributed by atoms with Gasteiger partial charge >= 0.3 is 0 Å². The van der Waals surface area contributed by atoms with Crippen molar-refractivity contribution < 1.29 is 14.3 Å². The van der Waals surface area contributed by atoms with E-state index in [0.717, 1.165) is 76.0 Å². The Bertz CT molecular complexity index is 867. The Morgan fingerprint density at radius 2 is 1.83 bits per heavy atom. The van der Waals surface area contributed by atoms with E-state index in [0.29, 0.717) is 37.4 Å². The molecule has 0 N–H and O–H groups in total. The number of carbonyl (C=O) groups is 2. The van der Waals surface area contributed by atoms with Crippen LogP contribution in [-0.4, -0.2) is 66.0 Å². The Morgan fingerprint density at radius 3 is 2.58 bits per heavy atom. The lowest BCUT2D eigenvalue weighted by Gasteiger charge is -2.44. The highest BCUT2D eigenvalue weighted by molar-refractivity contribution is 5.94. The molecule has 6 nitrogen and oxygen atoms in total. The van der Waals surface area contributed by atoms with Crippen molar-refractivity contribution in [1.29, 1.82) is 0 Å². The molecule has 0 radical (unpaired) electrons.